The van der Waals surface area contributed by atoms with Gasteiger partial charge in [-0.3, -0.25) is 0 Å². The molecule has 0 bridgehead atoms. The van der Waals surface area contributed by atoms with E-state index in [1.807, 2.05) is 36.4 Å². The number of anilines is 2. The van der Waals surface area contributed by atoms with Crippen LogP contribution in [-0.2, 0) is 6.42 Å². The molecule has 2 heterocycles. The molecule has 2 aromatic heterocycles. The van der Waals surface area contributed by atoms with Crippen molar-refractivity contribution in [2.75, 3.05) is 24.7 Å². The van der Waals surface area contributed by atoms with Crippen LogP contribution in [-0.4, -0.2) is 23.6 Å². The van der Waals surface area contributed by atoms with Crippen molar-refractivity contribution in [1.29, 1.82) is 0 Å². The van der Waals surface area contributed by atoms with Gasteiger partial charge in [0.2, 0.25) is 5.95 Å². The van der Waals surface area contributed by atoms with Crippen LogP contribution in [0.2, 0.25) is 0 Å². The molecule has 0 radical (unpaired) electrons. The lowest BCUT2D eigenvalue weighted by atomic mass is 10.1. The lowest BCUT2D eigenvalue weighted by molar-refractivity contribution is 0.414. The standard InChI is InChI=1S/C17H17IN4O2/c1-23-12-6-4-11(5-7-12)8-9-20-16-14(18)15(21-17(19)22-16)13-3-2-10-24-13/h2-7,10H,8-9H2,1H3,(H3,19,20,21,22). The number of nitrogen functional groups attached to an aromatic ring is 1. The molecular weight excluding hydrogens is 419 g/mol. The van der Waals surface area contributed by atoms with Crippen molar-refractivity contribution < 1.29 is 9.15 Å². The SMILES string of the molecule is COc1ccc(CCNc2nc(N)nc(-c3ccco3)c2I)cc1. The summed E-state index contributed by atoms with van der Waals surface area (Å²) in [6.45, 7) is 0.733. The van der Waals surface area contributed by atoms with E-state index in [0.29, 0.717) is 17.3 Å². The van der Waals surface area contributed by atoms with Crippen LogP contribution in [0.5, 0.6) is 5.75 Å². The molecule has 0 atom stereocenters. The van der Waals surface area contributed by atoms with Gasteiger partial charge in [0.25, 0.3) is 0 Å². The number of furan rings is 1. The highest BCUT2D eigenvalue weighted by molar-refractivity contribution is 14.1. The minimum absolute atomic E-state index is 0.216. The number of methoxy groups -OCH3 is 1. The summed E-state index contributed by atoms with van der Waals surface area (Å²) in [6.07, 6.45) is 2.47. The maximum atomic E-state index is 5.83. The number of nitrogens with one attached hydrogen (secondary N) is 1. The van der Waals surface area contributed by atoms with Gasteiger partial charge < -0.3 is 20.2 Å². The molecule has 0 spiro atoms. The number of hydrogen-bond acceptors (Lipinski definition) is 6. The highest BCUT2D eigenvalue weighted by atomic mass is 127. The second-order valence-electron chi connectivity index (χ2n) is 5.10. The van der Waals surface area contributed by atoms with Crippen LogP contribution in [0, 0.1) is 3.57 Å². The van der Waals surface area contributed by atoms with Crippen molar-refractivity contribution >= 4 is 34.4 Å². The Morgan fingerprint density at radius 2 is 2.00 bits per heavy atom. The molecule has 0 fully saturated rings. The summed E-state index contributed by atoms with van der Waals surface area (Å²) in [5, 5.41) is 3.32. The molecule has 124 valence electrons. The maximum Gasteiger partial charge on any atom is 0.222 e. The van der Waals surface area contributed by atoms with E-state index in [0.717, 1.165) is 22.3 Å². The van der Waals surface area contributed by atoms with E-state index in [2.05, 4.69) is 37.9 Å². The molecule has 3 aromatic rings. The Kier molecular flexibility index (Phi) is 5.19. The number of nitrogens with two attached hydrogens (primary N) is 1. The van der Waals surface area contributed by atoms with Crippen LogP contribution in [0.3, 0.4) is 0 Å². The molecule has 6 nitrogen and oxygen atoms in total. The number of aromatic nitrogens is 2. The Hall–Kier alpha value is -2.29. The lowest BCUT2D eigenvalue weighted by Crippen LogP contribution is -2.11. The van der Waals surface area contributed by atoms with Gasteiger partial charge in [-0.1, -0.05) is 12.1 Å². The molecule has 1 aromatic carbocycles. The van der Waals surface area contributed by atoms with Crippen LogP contribution in [0.15, 0.2) is 47.1 Å². The number of ether oxygens (including phenoxy) is 1. The third kappa shape index (κ3) is 3.78. The van der Waals surface area contributed by atoms with Gasteiger partial charge in [0.15, 0.2) is 5.76 Å². The van der Waals surface area contributed by atoms with Crippen LogP contribution in [0.1, 0.15) is 5.56 Å². The Balaban J connectivity index is 1.70. The zero-order valence-electron chi connectivity index (χ0n) is 13.1. The molecule has 3 rings (SSSR count). The first-order valence-electron chi connectivity index (χ1n) is 7.41. The highest BCUT2D eigenvalue weighted by Crippen LogP contribution is 2.28. The summed E-state index contributed by atoms with van der Waals surface area (Å²) in [7, 11) is 1.66. The van der Waals surface area contributed by atoms with Crippen LogP contribution >= 0.6 is 22.6 Å². The first kappa shape index (κ1) is 16.6. The number of benzene rings is 1. The van der Waals surface area contributed by atoms with E-state index in [1.165, 1.54) is 5.56 Å². The van der Waals surface area contributed by atoms with Crippen LogP contribution in [0.4, 0.5) is 11.8 Å². The van der Waals surface area contributed by atoms with Gasteiger partial charge in [-0.2, -0.15) is 4.98 Å². The summed E-state index contributed by atoms with van der Waals surface area (Å²) in [4.78, 5) is 8.56. The fraction of sp³-hybridized carbons (Fsp3) is 0.176. The van der Waals surface area contributed by atoms with Crippen molar-refractivity contribution in [2.24, 2.45) is 0 Å². The largest absolute Gasteiger partial charge is 0.497 e. The fourth-order valence-corrected chi connectivity index (χ4v) is 2.97. The number of rotatable bonds is 6. The van der Waals surface area contributed by atoms with E-state index in [9.17, 15) is 0 Å². The first-order valence-corrected chi connectivity index (χ1v) is 8.49. The molecule has 0 unspecified atom stereocenters. The Bertz CT molecular complexity index is 804. The van der Waals surface area contributed by atoms with E-state index in [1.54, 1.807) is 13.4 Å². The molecular formula is C17H17IN4O2. The molecule has 0 amide bonds. The second kappa shape index (κ2) is 7.52. The normalized spacial score (nSPS) is 10.6. The third-order valence-corrected chi connectivity index (χ3v) is 4.51. The van der Waals surface area contributed by atoms with Gasteiger partial charge in [0, 0.05) is 6.54 Å². The fourth-order valence-electron chi connectivity index (χ4n) is 2.28. The molecule has 0 saturated carbocycles. The molecule has 24 heavy (non-hydrogen) atoms. The predicted molar refractivity (Wildman–Crippen MR) is 102 cm³/mol. The topological polar surface area (TPSA) is 86.2 Å². The summed E-state index contributed by atoms with van der Waals surface area (Å²) in [5.41, 5.74) is 7.74. The van der Waals surface area contributed by atoms with E-state index in [4.69, 9.17) is 14.9 Å². The summed E-state index contributed by atoms with van der Waals surface area (Å²) in [5.74, 6) is 2.46. The summed E-state index contributed by atoms with van der Waals surface area (Å²) < 4.78 is 11.5. The predicted octanol–water partition coefficient (Wildman–Crippen LogP) is 3.59. The van der Waals surface area contributed by atoms with Gasteiger partial charge in [0.1, 0.15) is 17.3 Å². The number of halogens is 1. The smallest absolute Gasteiger partial charge is 0.222 e. The van der Waals surface area contributed by atoms with Crippen molar-refractivity contribution in [3.63, 3.8) is 0 Å². The Morgan fingerprint density at radius 1 is 1.21 bits per heavy atom. The van der Waals surface area contributed by atoms with Crippen LogP contribution in [0.25, 0.3) is 11.5 Å². The minimum Gasteiger partial charge on any atom is -0.497 e. The average molecular weight is 436 g/mol. The Labute approximate surface area is 153 Å². The molecule has 0 saturated heterocycles. The summed E-state index contributed by atoms with van der Waals surface area (Å²) in [6, 6.07) is 11.7. The zero-order valence-corrected chi connectivity index (χ0v) is 15.3. The Morgan fingerprint density at radius 3 is 2.67 bits per heavy atom. The third-order valence-electron chi connectivity index (χ3n) is 3.49. The quantitative estimate of drug-likeness (QED) is 0.575. The van der Waals surface area contributed by atoms with Crippen LogP contribution < -0.4 is 15.8 Å². The molecule has 0 aliphatic heterocycles. The molecule has 0 aliphatic carbocycles. The van der Waals surface area contributed by atoms with Crippen molar-refractivity contribution in [3.05, 3.63) is 51.8 Å². The lowest BCUT2D eigenvalue weighted by Gasteiger charge is -2.11. The van der Waals surface area contributed by atoms with E-state index in [-0.39, 0.29) is 5.95 Å². The number of nitrogens with zero attached hydrogens (tertiary/aromatic N) is 2. The van der Waals surface area contributed by atoms with Crippen molar-refractivity contribution in [3.8, 4) is 17.2 Å². The van der Waals surface area contributed by atoms with Gasteiger partial charge in [-0.05, 0) is 58.8 Å². The second-order valence-corrected chi connectivity index (χ2v) is 6.17. The van der Waals surface area contributed by atoms with Gasteiger partial charge in [-0.25, -0.2) is 4.98 Å². The van der Waals surface area contributed by atoms with Gasteiger partial charge in [-0.15, -0.1) is 0 Å². The van der Waals surface area contributed by atoms with E-state index >= 15 is 0 Å². The van der Waals surface area contributed by atoms with Crippen molar-refractivity contribution in [2.45, 2.75) is 6.42 Å². The molecule has 7 heteroatoms. The van der Waals surface area contributed by atoms with Gasteiger partial charge in [0.05, 0.1) is 16.9 Å². The van der Waals surface area contributed by atoms with Gasteiger partial charge >= 0.3 is 0 Å². The zero-order chi connectivity index (χ0) is 16.9. The van der Waals surface area contributed by atoms with E-state index < -0.39 is 0 Å². The molecule has 0 aliphatic rings. The first-order chi connectivity index (χ1) is 11.7. The molecule has 3 N–H and O–H groups in total. The van der Waals surface area contributed by atoms with Crippen molar-refractivity contribution in [1.82, 2.24) is 9.97 Å². The maximum absolute atomic E-state index is 5.83. The summed E-state index contributed by atoms with van der Waals surface area (Å²) >= 11 is 2.20. The number of hydrogen-bond donors (Lipinski definition) is 2. The average Bonchev–Trinajstić information content (AvgIpc) is 3.12. The highest BCUT2D eigenvalue weighted by Gasteiger charge is 2.14. The monoisotopic (exact) mass is 436 g/mol. The minimum atomic E-state index is 0.216.